The molecule has 28 heavy (non-hydrogen) atoms. The maximum Gasteiger partial charge on any atom is 0.236 e. The Kier molecular flexibility index (Phi) is 7.42. The maximum atomic E-state index is 12.1. The number of benzene rings is 1. The van der Waals surface area contributed by atoms with Crippen LogP contribution in [0.3, 0.4) is 0 Å². The number of rotatable bonds is 9. The molecule has 0 radical (unpaired) electrons. The summed E-state index contributed by atoms with van der Waals surface area (Å²) in [6.45, 7) is 5.16. The fourth-order valence-corrected chi connectivity index (χ4v) is 3.71. The van der Waals surface area contributed by atoms with E-state index in [0.29, 0.717) is 24.3 Å². The molecule has 1 aliphatic heterocycles. The molecule has 2 heterocycles. The summed E-state index contributed by atoms with van der Waals surface area (Å²) in [4.78, 5) is 19.0. The molecule has 1 fully saturated rings. The Hall–Kier alpha value is -2.41. The van der Waals surface area contributed by atoms with Crippen LogP contribution in [0.5, 0.6) is 5.75 Å². The standard InChI is InChI=1S/C21H30N4O3/c1-3-17-7-4-5-13-25(17)14-6-12-22-19(26)15-20-23-21(24-28-20)16-8-10-18(27-2)11-9-16/h8-11,17H,3-7,12-15H2,1-2H3,(H,22,26). The van der Waals surface area contributed by atoms with Crippen LogP contribution < -0.4 is 10.1 Å². The molecule has 0 bridgehead atoms. The molecular weight excluding hydrogens is 356 g/mol. The number of carbonyl (C=O) groups excluding carboxylic acids is 1. The minimum atomic E-state index is -0.0874. The van der Waals surface area contributed by atoms with Crippen molar-refractivity contribution in [3.05, 3.63) is 30.2 Å². The third-order valence-electron chi connectivity index (χ3n) is 5.29. The van der Waals surface area contributed by atoms with E-state index < -0.39 is 0 Å². The molecule has 152 valence electrons. The fraction of sp³-hybridized carbons (Fsp3) is 0.571. The molecule has 1 aromatic heterocycles. The molecule has 7 nitrogen and oxygen atoms in total. The number of hydrogen-bond donors (Lipinski definition) is 1. The summed E-state index contributed by atoms with van der Waals surface area (Å²) in [5.41, 5.74) is 0.822. The molecule has 0 saturated carbocycles. The smallest absolute Gasteiger partial charge is 0.236 e. The van der Waals surface area contributed by atoms with Crippen LogP contribution in [-0.4, -0.2) is 53.7 Å². The van der Waals surface area contributed by atoms with Crippen LogP contribution in [0.4, 0.5) is 0 Å². The van der Waals surface area contributed by atoms with Gasteiger partial charge in [0.2, 0.25) is 17.6 Å². The number of ether oxygens (including phenoxy) is 1. The Morgan fingerprint density at radius 1 is 1.32 bits per heavy atom. The number of carbonyl (C=O) groups is 1. The van der Waals surface area contributed by atoms with Gasteiger partial charge in [0.25, 0.3) is 0 Å². The summed E-state index contributed by atoms with van der Waals surface area (Å²) in [6, 6.07) is 8.10. The van der Waals surface area contributed by atoms with Gasteiger partial charge in [-0.25, -0.2) is 0 Å². The molecule has 0 aliphatic carbocycles. The van der Waals surface area contributed by atoms with Crippen molar-refractivity contribution < 1.29 is 14.1 Å². The summed E-state index contributed by atoms with van der Waals surface area (Å²) < 4.78 is 10.4. The fourth-order valence-electron chi connectivity index (χ4n) is 3.71. The summed E-state index contributed by atoms with van der Waals surface area (Å²) in [5.74, 6) is 1.48. The van der Waals surface area contributed by atoms with Crippen LogP contribution in [0.1, 0.15) is 44.9 Å². The van der Waals surface area contributed by atoms with E-state index in [1.807, 2.05) is 24.3 Å². The highest BCUT2D eigenvalue weighted by atomic mass is 16.5. The lowest BCUT2D eigenvalue weighted by atomic mass is 10.00. The number of nitrogens with one attached hydrogen (secondary N) is 1. The van der Waals surface area contributed by atoms with Crippen LogP contribution in [0.2, 0.25) is 0 Å². The molecule has 1 atom stereocenters. The van der Waals surface area contributed by atoms with Crippen LogP contribution >= 0.6 is 0 Å². The Bertz CT molecular complexity index is 744. The van der Waals surface area contributed by atoms with Crippen LogP contribution in [0.25, 0.3) is 11.4 Å². The summed E-state index contributed by atoms with van der Waals surface area (Å²) in [5, 5.41) is 6.91. The number of piperidine rings is 1. The lowest BCUT2D eigenvalue weighted by molar-refractivity contribution is -0.120. The van der Waals surface area contributed by atoms with E-state index in [9.17, 15) is 4.79 Å². The van der Waals surface area contributed by atoms with Crippen molar-refractivity contribution in [1.82, 2.24) is 20.4 Å². The third kappa shape index (κ3) is 5.55. The van der Waals surface area contributed by atoms with Gasteiger partial charge < -0.3 is 19.5 Å². The molecule has 7 heteroatoms. The van der Waals surface area contributed by atoms with Crippen molar-refractivity contribution in [1.29, 1.82) is 0 Å². The first kappa shape index (κ1) is 20.3. The predicted molar refractivity (Wildman–Crippen MR) is 107 cm³/mol. The Balaban J connectivity index is 1.40. The van der Waals surface area contributed by atoms with Crippen molar-refractivity contribution in [3.63, 3.8) is 0 Å². The molecule has 1 amide bonds. The van der Waals surface area contributed by atoms with Crippen molar-refractivity contribution in [2.75, 3.05) is 26.7 Å². The summed E-state index contributed by atoms with van der Waals surface area (Å²) in [7, 11) is 1.62. The van der Waals surface area contributed by atoms with E-state index in [1.165, 1.54) is 32.2 Å². The van der Waals surface area contributed by atoms with E-state index in [1.54, 1.807) is 7.11 Å². The van der Waals surface area contributed by atoms with Gasteiger partial charge >= 0.3 is 0 Å². The predicted octanol–water partition coefficient (Wildman–Crippen LogP) is 3.06. The highest BCUT2D eigenvalue weighted by Crippen LogP contribution is 2.20. The molecule has 1 aliphatic rings. The number of aromatic nitrogens is 2. The van der Waals surface area contributed by atoms with Gasteiger partial charge in [-0.05, 0) is 56.5 Å². The van der Waals surface area contributed by atoms with E-state index in [4.69, 9.17) is 9.26 Å². The van der Waals surface area contributed by atoms with E-state index >= 15 is 0 Å². The van der Waals surface area contributed by atoms with Gasteiger partial charge in [0, 0.05) is 24.7 Å². The number of likely N-dealkylation sites (tertiary alicyclic amines) is 1. The summed E-state index contributed by atoms with van der Waals surface area (Å²) >= 11 is 0. The third-order valence-corrected chi connectivity index (χ3v) is 5.29. The van der Waals surface area contributed by atoms with Crippen LogP contribution in [0.15, 0.2) is 28.8 Å². The molecule has 2 aromatic rings. The summed E-state index contributed by atoms with van der Waals surface area (Å²) in [6.07, 6.45) is 6.20. The Labute approximate surface area is 166 Å². The minimum Gasteiger partial charge on any atom is -0.497 e. The first-order chi connectivity index (χ1) is 13.7. The molecule has 0 spiro atoms. The Morgan fingerprint density at radius 3 is 2.89 bits per heavy atom. The topological polar surface area (TPSA) is 80.5 Å². The van der Waals surface area contributed by atoms with E-state index in [2.05, 4.69) is 27.3 Å². The van der Waals surface area contributed by atoms with Gasteiger partial charge in [0.15, 0.2) is 0 Å². The molecule has 1 unspecified atom stereocenters. The van der Waals surface area contributed by atoms with Gasteiger partial charge in [-0.3, -0.25) is 4.79 Å². The van der Waals surface area contributed by atoms with E-state index in [-0.39, 0.29) is 12.3 Å². The lowest BCUT2D eigenvalue weighted by Gasteiger charge is -2.35. The van der Waals surface area contributed by atoms with Gasteiger partial charge in [-0.15, -0.1) is 0 Å². The lowest BCUT2D eigenvalue weighted by Crippen LogP contribution is -2.40. The number of methoxy groups -OCH3 is 1. The minimum absolute atomic E-state index is 0.0874. The molecule has 3 rings (SSSR count). The normalized spacial score (nSPS) is 17.4. The Morgan fingerprint density at radius 2 is 2.14 bits per heavy atom. The number of nitrogens with zero attached hydrogens (tertiary/aromatic N) is 3. The van der Waals surface area contributed by atoms with Crippen molar-refractivity contribution in [2.45, 2.75) is 51.5 Å². The second-order valence-corrected chi connectivity index (χ2v) is 7.21. The zero-order chi connectivity index (χ0) is 19.8. The van der Waals surface area contributed by atoms with Crippen LogP contribution in [0, 0.1) is 0 Å². The van der Waals surface area contributed by atoms with Gasteiger partial charge in [0.1, 0.15) is 12.2 Å². The zero-order valence-electron chi connectivity index (χ0n) is 16.8. The largest absolute Gasteiger partial charge is 0.497 e. The first-order valence-electron chi connectivity index (χ1n) is 10.2. The highest BCUT2D eigenvalue weighted by Gasteiger charge is 2.20. The SMILES string of the molecule is CCC1CCCCN1CCCNC(=O)Cc1nc(-c2ccc(OC)cc2)no1. The molecule has 1 aromatic carbocycles. The van der Waals surface area contributed by atoms with Gasteiger partial charge in [0.05, 0.1) is 7.11 Å². The highest BCUT2D eigenvalue weighted by molar-refractivity contribution is 5.77. The van der Waals surface area contributed by atoms with Crippen molar-refractivity contribution in [2.24, 2.45) is 0 Å². The first-order valence-corrected chi connectivity index (χ1v) is 10.2. The van der Waals surface area contributed by atoms with Gasteiger partial charge in [-0.1, -0.05) is 18.5 Å². The molecule has 1 N–H and O–H groups in total. The second kappa shape index (κ2) is 10.2. The maximum absolute atomic E-state index is 12.1. The number of hydrogen-bond acceptors (Lipinski definition) is 6. The zero-order valence-corrected chi connectivity index (χ0v) is 16.8. The quantitative estimate of drug-likeness (QED) is 0.667. The van der Waals surface area contributed by atoms with Gasteiger partial charge in [-0.2, -0.15) is 4.98 Å². The second-order valence-electron chi connectivity index (χ2n) is 7.21. The van der Waals surface area contributed by atoms with Crippen molar-refractivity contribution >= 4 is 5.91 Å². The van der Waals surface area contributed by atoms with E-state index in [0.717, 1.165) is 24.3 Å². The van der Waals surface area contributed by atoms with Crippen LogP contribution in [-0.2, 0) is 11.2 Å². The molecular formula is C21H30N4O3. The number of amides is 1. The average molecular weight is 386 g/mol. The van der Waals surface area contributed by atoms with Crippen molar-refractivity contribution in [3.8, 4) is 17.1 Å². The monoisotopic (exact) mass is 386 g/mol. The molecule has 1 saturated heterocycles. The average Bonchev–Trinajstić information content (AvgIpc) is 3.20.